The van der Waals surface area contributed by atoms with Gasteiger partial charge >= 0.3 is 11.9 Å². The minimum Gasteiger partial charge on any atom is -0.545 e. The van der Waals surface area contributed by atoms with Gasteiger partial charge in [0.2, 0.25) is 0 Å². The Hall–Kier alpha value is -3.01. The van der Waals surface area contributed by atoms with E-state index in [0.717, 1.165) is 77.0 Å². The van der Waals surface area contributed by atoms with Crippen molar-refractivity contribution in [3.05, 3.63) is 60.8 Å². The van der Waals surface area contributed by atoms with Crippen LogP contribution in [0.3, 0.4) is 0 Å². The molecule has 0 fully saturated rings. The Bertz CT molecular complexity index is 1400. The minimum absolute atomic E-state index is 0.144. The predicted molar refractivity (Wildman–Crippen MR) is 311 cm³/mol. The van der Waals surface area contributed by atoms with Crippen LogP contribution in [-0.2, 0) is 33.3 Å². The third-order valence-electron chi connectivity index (χ3n) is 13.5. The molecule has 0 aliphatic carbocycles. The van der Waals surface area contributed by atoms with Crippen LogP contribution >= 0.6 is 0 Å². The summed E-state index contributed by atoms with van der Waals surface area (Å²) in [5.41, 5.74) is 0. The largest absolute Gasteiger partial charge is 0.545 e. The average Bonchev–Trinajstić information content (AvgIpc) is 3.37. The number of unbranched alkanes of at least 4 members (excludes halogenated alkanes) is 32. The summed E-state index contributed by atoms with van der Waals surface area (Å²) in [6.45, 7) is 4.66. The molecule has 0 bridgehead atoms. The average molecular weight is 1040 g/mol. The van der Waals surface area contributed by atoms with Crippen molar-refractivity contribution < 1.29 is 42.9 Å². The number of likely N-dealkylation sites (N-methyl/N-ethyl adjacent to an activating group) is 1. The van der Waals surface area contributed by atoms with E-state index in [0.29, 0.717) is 23.9 Å². The number of quaternary nitrogens is 1. The molecular formula is C65H117NO8. The maximum atomic E-state index is 12.9. The van der Waals surface area contributed by atoms with Gasteiger partial charge in [-0.3, -0.25) is 9.59 Å². The van der Waals surface area contributed by atoms with Gasteiger partial charge in [-0.05, 0) is 57.8 Å². The summed E-state index contributed by atoms with van der Waals surface area (Å²) in [7, 11) is 5.92. The van der Waals surface area contributed by atoms with Gasteiger partial charge < -0.3 is 33.3 Å². The molecule has 430 valence electrons. The smallest absolute Gasteiger partial charge is 0.306 e. The maximum Gasteiger partial charge on any atom is 0.306 e. The van der Waals surface area contributed by atoms with Crippen molar-refractivity contribution in [2.75, 3.05) is 47.5 Å². The third kappa shape index (κ3) is 56.7. The van der Waals surface area contributed by atoms with Crippen LogP contribution in [0.4, 0.5) is 0 Å². The fraction of sp³-hybridized carbons (Fsp3) is 0.800. The highest BCUT2D eigenvalue weighted by atomic mass is 16.7. The standard InChI is InChI=1S/C65H117NO8/c1-6-8-10-12-14-16-18-20-22-24-26-28-30-31-32-34-35-37-39-41-43-45-47-49-51-53-55-62(67)72-59-61(60-73-65(64(69)70)71-58-57-66(3,4)5)74-63(68)56-54-52-50-48-46-44-42-40-38-36-33-29-27-25-23-21-19-17-15-13-11-9-7-2/h9,11,15,17,21,23,27,29,36,38,61,65H,6-8,10,12-14,16,18-20,22,24-26,28,30-35,37,39-60H2,1-5H3/b11-9-,17-15-,23-21-,29-27-,38-36-. The van der Waals surface area contributed by atoms with Crippen LogP contribution in [0.15, 0.2) is 60.8 Å². The Morgan fingerprint density at radius 3 is 1.15 bits per heavy atom. The molecule has 74 heavy (non-hydrogen) atoms. The van der Waals surface area contributed by atoms with Gasteiger partial charge in [0.05, 0.1) is 40.3 Å². The summed E-state index contributed by atoms with van der Waals surface area (Å²) >= 11 is 0. The van der Waals surface area contributed by atoms with E-state index in [4.69, 9.17) is 18.9 Å². The van der Waals surface area contributed by atoms with Crippen molar-refractivity contribution in [1.29, 1.82) is 0 Å². The summed E-state index contributed by atoms with van der Waals surface area (Å²) in [4.78, 5) is 37.4. The molecule has 9 heteroatoms. The molecule has 0 amide bonds. The van der Waals surface area contributed by atoms with E-state index >= 15 is 0 Å². The van der Waals surface area contributed by atoms with E-state index in [-0.39, 0.29) is 32.2 Å². The lowest BCUT2D eigenvalue weighted by Crippen LogP contribution is -2.44. The molecule has 0 N–H and O–H groups in total. The molecule has 2 unspecified atom stereocenters. The first-order valence-corrected chi connectivity index (χ1v) is 30.9. The lowest BCUT2D eigenvalue weighted by molar-refractivity contribution is -0.870. The normalized spacial score (nSPS) is 13.1. The van der Waals surface area contributed by atoms with Gasteiger partial charge in [0.15, 0.2) is 12.4 Å². The Kier molecular flexibility index (Phi) is 53.9. The van der Waals surface area contributed by atoms with Crippen LogP contribution in [0, 0.1) is 0 Å². The number of carbonyl (C=O) groups is 3. The monoisotopic (exact) mass is 1040 g/mol. The van der Waals surface area contributed by atoms with Gasteiger partial charge in [-0.25, -0.2) is 0 Å². The Morgan fingerprint density at radius 1 is 0.419 bits per heavy atom. The number of carboxylic acid groups (broad SMARTS) is 1. The summed E-state index contributed by atoms with van der Waals surface area (Å²) < 4.78 is 22.7. The Labute approximate surface area is 456 Å². The van der Waals surface area contributed by atoms with Crippen LogP contribution in [0.5, 0.6) is 0 Å². The van der Waals surface area contributed by atoms with E-state index in [1.54, 1.807) is 0 Å². The van der Waals surface area contributed by atoms with Crippen molar-refractivity contribution in [1.82, 2.24) is 0 Å². The van der Waals surface area contributed by atoms with Crippen molar-refractivity contribution in [2.24, 2.45) is 0 Å². The number of carboxylic acids is 1. The highest BCUT2D eigenvalue weighted by Crippen LogP contribution is 2.17. The molecule has 0 saturated heterocycles. The van der Waals surface area contributed by atoms with Gasteiger partial charge in [-0.2, -0.15) is 0 Å². The first kappa shape index (κ1) is 71.0. The molecule has 0 aromatic heterocycles. The van der Waals surface area contributed by atoms with Crippen molar-refractivity contribution in [3.8, 4) is 0 Å². The topological polar surface area (TPSA) is 111 Å². The first-order chi connectivity index (χ1) is 36.1. The summed E-state index contributed by atoms with van der Waals surface area (Å²) in [6, 6.07) is 0. The van der Waals surface area contributed by atoms with Gasteiger partial charge in [-0.15, -0.1) is 0 Å². The zero-order chi connectivity index (χ0) is 54.1. The lowest BCUT2D eigenvalue weighted by Gasteiger charge is -2.26. The molecule has 0 saturated carbocycles. The van der Waals surface area contributed by atoms with Crippen LogP contribution in [0.2, 0.25) is 0 Å². The summed E-state index contributed by atoms with van der Waals surface area (Å²) in [5.74, 6) is -2.29. The number of aliphatic carboxylic acids is 1. The number of hydrogen-bond acceptors (Lipinski definition) is 8. The van der Waals surface area contributed by atoms with Crippen molar-refractivity contribution in [2.45, 2.75) is 289 Å². The second-order valence-electron chi connectivity index (χ2n) is 22.0. The predicted octanol–water partition coefficient (Wildman–Crippen LogP) is 17.1. The Morgan fingerprint density at radius 2 is 0.770 bits per heavy atom. The SMILES string of the molecule is CC/C=C\C/C=C\C/C=C\C/C=C\C/C=C\CCCCCCCCCC(=O)OC(COC(=O)CCCCCCCCCCCCCCCCCCCCCCCCCCCC)COC(OCC[N+](C)(C)C)C(=O)[O-]. The van der Waals surface area contributed by atoms with Crippen LogP contribution in [0.25, 0.3) is 0 Å². The summed E-state index contributed by atoms with van der Waals surface area (Å²) in [5, 5.41) is 11.8. The fourth-order valence-electron chi connectivity index (χ4n) is 8.80. The molecule has 0 aliphatic rings. The molecule has 0 aliphatic heterocycles. The highest BCUT2D eigenvalue weighted by molar-refractivity contribution is 5.70. The molecule has 0 heterocycles. The second kappa shape index (κ2) is 56.2. The zero-order valence-electron chi connectivity index (χ0n) is 49.0. The molecule has 0 aromatic carbocycles. The van der Waals surface area contributed by atoms with Crippen LogP contribution < -0.4 is 5.11 Å². The van der Waals surface area contributed by atoms with E-state index in [9.17, 15) is 19.5 Å². The molecule has 0 spiro atoms. The molecule has 0 aromatic rings. The second-order valence-corrected chi connectivity index (χ2v) is 22.0. The minimum atomic E-state index is -1.63. The van der Waals surface area contributed by atoms with Gasteiger partial charge in [0.1, 0.15) is 13.2 Å². The zero-order valence-corrected chi connectivity index (χ0v) is 49.0. The van der Waals surface area contributed by atoms with Gasteiger partial charge in [0.25, 0.3) is 0 Å². The quantitative estimate of drug-likeness (QED) is 0.0195. The molecular weight excluding hydrogens is 923 g/mol. The van der Waals surface area contributed by atoms with E-state index in [1.807, 2.05) is 21.1 Å². The number of ether oxygens (including phenoxy) is 4. The number of allylic oxidation sites excluding steroid dienone is 10. The van der Waals surface area contributed by atoms with E-state index in [2.05, 4.69) is 74.6 Å². The maximum absolute atomic E-state index is 12.9. The van der Waals surface area contributed by atoms with Crippen molar-refractivity contribution in [3.63, 3.8) is 0 Å². The number of hydrogen-bond donors (Lipinski definition) is 0. The lowest BCUT2D eigenvalue weighted by atomic mass is 10.0. The number of nitrogens with zero attached hydrogens (tertiary/aromatic N) is 1. The van der Waals surface area contributed by atoms with Crippen LogP contribution in [0.1, 0.15) is 277 Å². The Balaban J connectivity index is 4.20. The number of esters is 2. The van der Waals surface area contributed by atoms with Gasteiger partial charge in [-0.1, -0.05) is 267 Å². The van der Waals surface area contributed by atoms with Crippen molar-refractivity contribution >= 4 is 17.9 Å². The molecule has 2 atom stereocenters. The number of rotatable bonds is 57. The fourth-order valence-corrected chi connectivity index (χ4v) is 8.80. The highest BCUT2D eigenvalue weighted by Gasteiger charge is 2.22. The third-order valence-corrected chi connectivity index (χ3v) is 13.5. The van der Waals surface area contributed by atoms with E-state index < -0.39 is 24.3 Å². The van der Waals surface area contributed by atoms with E-state index in [1.165, 1.54) is 167 Å². The first-order valence-electron chi connectivity index (χ1n) is 30.9. The molecule has 9 nitrogen and oxygen atoms in total. The molecule has 0 radical (unpaired) electrons. The van der Waals surface area contributed by atoms with Gasteiger partial charge in [0, 0.05) is 12.8 Å². The number of carbonyl (C=O) groups excluding carboxylic acids is 3. The summed E-state index contributed by atoms with van der Waals surface area (Å²) in [6.07, 6.45) is 68.5. The van der Waals surface area contributed by atoms with Crippen LogP contribution in [-0.4, -0.2) is 82.3 Å². The molecule has 0 rings (SSSR count).